The van der Waals surface area contributed by atoms with Crippen LogP contribution in [0.25, 0.3) is 0 Å². The van der Waals surface area contributed by atoms with Crippen LogP contribution in [-0.4, -0.2) is 60.6 Å². The fourth-order valence-electron chi connectivity index (χ4n) is 3.03. The third kappa shape index (κ3) is 4.54. The summed E-state index contributed by atoms with van der Waals surface area (Å²) >= 11 is 0. The Hall–Kier alpha value is -2.47. The topological polar surface area (TPSA) is 60.2 Å². The molecule has 1 aliphatic rings. The lowest BCUT2D eigenvalue weighted by Gasteiger charge is -2.36. The van der Waals surface area contributed by atoms with Crippen molar-refractivity contribution in [3.8, 4) is 5.75 Å². The van der Waals surface area contributed by atoms with Crippen LogP contribution < -0.4 is 4.90 Å². The number of aromatic hydroxyl groups is 1. The normalized spacial score (nSPS) is 15.4. The Balaban J connectivity index is 1.46. The number of nitrogens with zero attached hydrogens (tertiary/aromatic N) is 3. The average Bonchev–Trinajstić information content (AvgIpc) is 3.01. The van der Waals surface area contributed by atoms with Crippen molar-refractivity contribution in [2.45, 2.75) is 13.5 Å². The van der Waals surface area contributed by atoms with Crippen molar-refractivity contribution in [3.63, 3.8) is 0 Å². The highest BCUT2D eigenvalue weighted by Crippen LogP contribution is 2.19. The number of hydrogen-bond donors (Lipinski definition) is 1. The summed E-state index contributed by atoms with van der Waals surface area (Å²) in [5.41, 5.74) is 1.11. The molecule has 1 fully saturated rings. The lowest BCUT2D eigenvalue weighted by atomic mass is 10.2. The molecule has 2 aromatic rings. The van der Waals surface area contributed by atoms with E-state index in [-0.39, 0.29) is 11.7 Å². The van der Waals surface area contributed by atoms with Crippen LogP contribution in [0.3, 0.4) is 0 Å². The Morgan fingerprint density at radius 3 is 2.40 bits per heavy atom. The molecule has 1 aromatic carbocycles. The molecule has 0 saturated carbocycles. The first-order valence-electron chi connectivity index (χ1n) is 8.57. The van der Waals surface area contributed by atoms with Gasteiger partial charge in [-0.1, -0.05) is 0 Å². The molecule has 1 amide bonds. The monoisotopic (exact) mass is 343 g/mol. The van der Waals surface area contributed by atoms with E-state index in [2.05, 4.69) is 9.80 Å². The predicted octanol–water partition coefficient (Wildman–Crippen LogP) is 2.07. The van der Waals surface area contributed by atoms with Crippen molar-refractivity contribution in [2.24, 2.45) is 0 Å². The van der Waals surface area contributed by atoms with Crippen LogP contribution in [0.15, 0.2) is 40.8 Å². The first kappa shape index (κ1) is 17.4. The summed E-state index contributed by atoms with van der Waals surface area (Å²) in [5, 5.41) is 9.38. The molecule has 1 N–H and O–H groups in total. The molecule has 3 rings (SSSR count). The van der Waals surface area contributed by atoms with Gasteiger partial charge in [-0.2, -0.15) is 0 Å². The third-order valence-corrected chi connectivity index (χ3v) is 4.56. The van der Waals surface area contributed by atoms with Gasteiger partial charge in [0.05, 0.1) is 13.1 Å². The van der Waals surface area contributed by atoms with Crippen molar-refractivity contribution in [2.75, 3.05) is 44.7 Å². The smallest absolute Gasteiger partial charge is 0.236 e. The van der Waals surface area contributed by atoms with E-state index in [1.54, 1.807) is 17.0 Å². The van der Waals surface area contributed by atoms with Crippen LogP contribution in [0.2, 0.25) is 0 Å². The van der Waals surface area contributed by atoms with Crippen molar-refractivity contribution < 1.29 is 14.3 Å². The minimum Gasteiger partial charge on any atom is -0.508 e. The van der Waals surface area contributed by atoms with E-state index in [0.717, 1.165) is 43.4 Å². The SMILES string of the molecule is Cc1ccc(CN(C)C(=O)CN2CCN(c3ccc(O)cc3)CC2)o1. The molecular formula is C19H25N3O3. The fraction of sp³-hybridized carbons (Fsp3) is 0.421. The fourth-order valence-corrected chi connectivity index (χ4v) is 3.03. The number of hydrogen-bond acceptors (Lipinski definition) is 5. The summed E-state index contributed by atoms with van der Waals surface area (Å²) in [6, 6.07) is 11.1. The number of furan rings is 1. The van der Waals surface area contributed by atoms with Crippen LogP contribution in [0.4, 0.5) is 5.69 Å². The number of rotatable bonds is 5. The van der Waals surface area contributed by atoms with Crippen molar-refractivity contribution in [3.05, 3.63) is 47.9 Å². The van der Waals surface area contributed by atoms with Gasteiger partial charge in [0, 0.05) is 38.9 Å². The Morgan fingerprint density at radius 2 is 1.80 bits per heavy atom. The molecule has 6 heteroatoms. The molecule has 25 heavy (non-hydrogen) atoms. The van der Waals surface area contributed by atoms with E-state index in [9.17, 15) is 9.90 Å². The zero-order valence-electron chi connectivity index (χ0n) is 14.8. The predicted molar refractivity (Wildman–Crippen MR) is 96.7 cm³/mol. The Morgan fingerprint density at radius 1 is 1.12 bits per heavy atom. The molecular weight excluding hydrogens is 318 g/mol. The van der Waals surface area contributed by atoms with Crippen LogP contribution in [0.1, 0.15) is 11.5 Å². The minimum atomic E-state index is 0.104. The third-order valence-electron chi connectivity index (χ3n) is 4.56. The molecule has 0 spiro atoms. The number of aryl methyl sites for hydroxylation is 1. The number of phenolic OH excluding ortho intramolecular Hbond substituents is 1. The number of phenols is 1. The Labute approximate surface area is 148 Å². The number of benzene rings is 1. The number of anilines is 1. The van der Waals surface area contributed by atoms with Crippen molar-refractivity contribution in [1.82, 2.24) is 9.80 Å². The van der Waals surface area contributed by atoms with Gasteiger partial charge in [-0.25, -0.2) is 0 Å². The van der Waals surface area contributed by atoms with Gasteiger partial charge in [-0.3, -0.25) is 9.69 Å². The molecule has 0 atom stereocenters. The highest BCUT2D eigenvalue weighted by molar-refractivity contribution is 5.78. The first-order chi connectivity index (χ1) is 12.0. The second-order valence-corrected chi connectivity index (χ2v) is 6.54. The van der Waals surface area contributed by atoms with E-state index in [0.29, 0.717) is 13.1 Å². The van der Waals surface area contributed by atoms with Gasteiger partial charge in [-0.15, -0.1) is 0 Å². The molecule has 134 valence electrons. The van der Waals surface area contributed by atoms with E-state index in [1.165, 1.54) is 0 Å². The van der Waals surface area contributed by atoms with Gasteiger partial charge in [0.2, 0.25) is 5.91 Å². The highest BCUT2D eigenvalue weighted by Gasteiger charge is 2.21. The Kier molecular flexibility index (Phi) is 5.28. The van der Waals surface area contributed by atoms with Crippen molar-refractivity contribution in [1.29, 1.82) is 0 Å². The summed E-state index contributed by atoms with van der Waals surface area (Å²) in [5.74, 6) is 2.06. The maximum absolute atomic E-state index is 12.4. The number of likely N-dealkylation sites (N-methyl/N-ethyl adjacent to an activating group) is 1. The van der Waals surface area contributed by atoms with Gasteiger partial charge in [-0.05, 0) is 43.3 Å². The number of carbonyl (C=O) groups excluding carboxylic acids is 1. The number of amides is 1. The molecule has 0 radical (unpaired) electrons. The van der Waals surface area contributed by atoms with Gasteiger partial charge < -0.3 is 19.3 Å². The van der Waals surface area contributed by atoms with Gasteiger partial charge in [0.25, 0.3) is 0 Å². The van der Waals surface area contributed by atoms with E-state index in [1.807, 2.05) is 38.2 Å². The molecule has 1 aliphatic heterocycles. The van der Waals surface area contributed by atoms with Gasteiger partial charge in [0.1, 0.15) is 17.3 Å². The minimum absolute atomic E-state index is 0.104. The van der Waals surface area contributed by atoms with Crippen LogP contribution in [0, 0.1) is 6.92 Å². The van der Waals surface area contributed by atoms with Crippen LogP contribution in [-0.2, 0) is 11.3 Å². The van der Waals surface area contributed by atoms with Gasteiger partial charge >= 0.3 is 0 Å². The lowest BCUT2D eigenvalue weighted by molar-refractivity contribution is -0.132. The van der Waals surface area contributed by atoms with E-state index < -0.39 is 0 Å². The first-order valence-corrected chi connectivity index (χ1v) is 8.57. The molecule has 2 heterocycles. The van der Waals surface area contributed by atoms with Crippen LogP contribution in [0.5, 0.6) is 5.75 Å². The summed E-state index contributed by atoms with van der Waals surface area (Å²) in [7, 11) is 1.81. The quantitative estimate of drug-likeness (QED) is 0.901. The Bertz CT molecular complexity index is 703. The molecule has 0 aliphatic carbocycles. The lowest BCUT2D eigenvalue weighted by Crippen LogP contribution is -2.49. The maximum atomic E-state index is 12.4. The summed E-state index contributed by atoms with van der Waals surface area (Å²) in [6.45, 7) is 6.28. The second kappa shape index (κ2) is 7.61. The summed E-state index contributed by atoms with van der Waals surface area (Å²) in [4.78, 5) is 18.6. The molecule has 1 aromatic heterocycles. The van der Waals surface area contributed by atoms with E-state index >= 15 is 0 Å². The zero-order chi connectivity index (χ0) is 17.8. The summed E-state index contributed by atoms with van der Waals surface area (Å²) < 4.78 is 5.53. The highest BCUT2D eigenvalue weighted by atomic mass is 16.3. The maximum Gasteiger partial charge on any atom is 0.236 e. The molecule has 6 nitrogen and oxygen atoms in total. The van der Waals surface area contributed by atoms with E-state index in [4.69, 9.17) is 4.42 Å². The zero-order valence-corrected chi connectivity index (χ0v) is 14.8. The summed E-state index contributed by atoms with van der Waals surface area (Å²) in [6.07, 6.45) is 0. The van der Waals surface area contributed by atoms with Crippen molar-refractivity contribution >= 4 is 11.6 Å². The molecule has 0 bridgehead atoms. The molecule has 1 saturated heterocycles. The van der Waals surface area contributed by atoms with Gasteiger partial charge in [0.15, 0.2) is 0 Å². The second-order valence-electron chi connectivity index (χ2n) is 6.54. The average molecular weight is 343 g/mol. The molecule has 0 unspecified atom stereocenters. The standard InChI is InChI=1S/C19H25N3O3/c1-15-3-8-18(25-15)13-20(2)19(24)14-21-9-11-22(12-10-21)16-4-6-17(23)7-5-16/h3-8,23H,9-14H2,1-2H3. The largest absolute Gasteiger partial charge is 0.508 e. The van der Waals surface area contributed by atoms with Crippen LogP contribution >= 0.6 is 0 Å². The number of piperazine rings is 1. The number of carbonyl (C=O) groups is 1.